The molecule has 0 spiro atoms. The molecule has 1 atom stereocenters. The van der Waals surface area contributed by atoms with Gasteiger partial charge in [0.2, 0.25) is 5.91 Å². The van der Waals surface area contributed by atoms with Crippen molar-refractivity contribution in [2.75, 3.05) is 6.54 Å². The van der Waals surface area contributed by atoms with Gasteiger partial charge in [0.15, 0.2) is 0 Å². The van der Waals surface area contributed by atoms with Crippen LogP contribution in [0.15, 0.2) is 16.5 Å². The minimum atomic E-state index is -0.0540. The molecule has 0 aliphatic heterocycles. The first kappa shape index (κ1) is 13.1. The first-order chi connectivity index (χ1) is 8.65. The number of hydrogen-bond acceptors (Lipinski definition) is 3. The largest absolute Gasteiger partial charge is 0.464 e. The highest BCUT2D eigenvalue weighted by Crippen LogP contribution is 2.30. The summed E-state index contributed by atoms with van der Waals surface area (Å²) < 4.78 is 5.56. The second-order valence-corrected chi connectivity index (χ2v) is 5.05. The first-order valence-electron chi connectivity index (χ1n) is 6.71. The van der Waals surface area contributed by atoms with Crippen LogP contribution in [0, 0.1) is 12.8 Å². The van der Waals surface area contributed by atoms with Crippen LogP contribution in [0.4, 0.5) is 0 Å². The number of aryl methyl sites for hydroxylation is 1. The average molecular weight is 250 g/mol. The Morgan fingerprint density at radius 2 is 2.28 bits per heavy atom. The molecule has 1 saturated carbocycles. The summed E-state index contributed by atoms with van der Waals surface area (Å²) in [6, 6.07) is 4.27. The SMILES string of the molecule is CCC(CN)C(=O)N(Cc1ccc(C)o1)C1CC1. The van der Waals surface area contributed by atoms with Crippen LogP contribution in [0.1, 0.15) is 37.7 Å². The van der Waals surface area contributed by atoms with E-state index in [0.29, 0.717) is 19.1 Å². The lowest BCUT2D eigenvalue weighted by Crippen LogP contribution is -2.39. The Hall–Kier alpha value is -1.29. The van der Waals surface area contributed by atoms with Gasteiger partial charge in [-0.15, -0.1) is 0 Å². The molecule has 100 valence electrons. The van der Waals surface area contributed by atoms with Gasteiger partial charge in [0, 0.05) is 12.6 Å². The summed E-state index contributed by atoms with van der Waals surface area (Å²) in [6.07, 6.45) is 3.01. The van der Waals surface area contributed by atoms with Gasteiger partial charge in [-0.1, -0.05) is 6.92 Å². The molecule has 2 N–H and O–H groups in total. The van der Waals surface area contributed by atoms with Gasteiger partial charge in [-0.05, 0) is 38.3 Å². The van der Waals surface area contributed by atoms with Crippen LogP contribution in [0.2, 0.25) is 0 Å². The number of carbonyl (C=O) groups is 1. The second kappa shape index (κ2) is 5.57. The van der Waals surface area contributed by atoms with Crippen molar-refractivity contribution in [3.8, 4) is 0 Å². The lowest BCUT2D eigenvalue weighted by atomic mass is 10.1. The maximum absolute atomic E-state index is 12.4. The highest BCUT2D eigenvalue weighted by molar-refractivity contribution is 5.79. The topological polar surface area (TPSA) is 59.5 Å². The Morgan fingerprint density at radius 3 is 2.72 bits per heavy atom. The molecule has 4 heteroatoms. The Labute approximate surface area is 108 Å². The van der Waals surface area contributed by atoms with Gasteiger partial charge in [-0.2, -0.15) is 0 Å². The predicted octanol–water partition coefficient (Wildman–Crippen LogP) is 2.06. The van der Waals surface area contributed by atoms with E-state index in [1.54, 1.807) is 0 Å². The van der Waals surface area contributed by atoms with E-state index in [2.05, 4.69) is 0 Å². The molecule has 0 aromatic carbocycles. The molecule has 1 aromatic rings. The second-order valence-electron chi connectivity index (χ2n) is 5.05. The van der Waals surface area contributed by atoms with Crippen molar-refractivity contribution >= 4 is 5.91 Å². The molecule has 1 aliphatic carbocycles. The molecule has 1 unspecified atom stereocenters. The lowest BCUT2D eigenvalue weighted by molar-refractivity contribution is -0.136. The van der Waals surface area contributed by atoms with Gasteiger partial charge in [0.1, 0.15) is 11.5 Å². The first-order valence-corrected chi connectivity index (χ1v) is 6.71. The van der Waals surface area contributed by atoms with E-state index in [1.165, 1.54) is 0 Å². The van der Waals surface area contributed by atoms with Gasteiger partial charge >= 0.3 is 0 Å². The molecule has 0 radical (unpaired) electrons. The van der Waals surface area contributed by atoms with Gasteiger partial charge in [-0.3, -0.25) is 4.79 Å². The fourth-order valence-electron chi connectivity index (χ4n) is 2.19. The Kier molecular flexibility index (Phi) is 4.07. The molecule has 1 heterocycles. The molecule has 4 nitrogen and oxygen atoms in total. The summed E-state index contributed by atoms with van der Waals surface area (Å²) in [6.45, 7) is 4.93. The summed E-state index contributed by atoms with van der Waals surface area (Å²) in [5.41, 5.74) is 5.67. The van der Waals surface area contributed by atoms with E-state index in [0.717, 1.165) is 30.8 Å². The van der Waals surface area contributed by atoms with Crippen molar-refractivity contribution in [3.63, 3.8) is 0 Å². The van der Waals surface area contributed by atoms with E-state index in [-0.39, 0.29) is 11.8 Å². The predicted molar refractivity (Wildman–Crippen MR) is 69.9 cm³/mol. The number of nitrogens with zero attached hydrogens (tertiary/aromatic N) is 1. The molecule has 0 saturated heterocycles. The van der Waals surface area contributed by atoms with Gasteiger partial charge < -0.3 is 15.1 Å². The van der Waals surface area contributed by atoms with Crippen LogP contribution in [0.25, 0.3) is 0 Å². The zero-order valence-corrected chi connectivity index (χ0v) is 11.2. The summed E-state index contributed by atoms with van der Waals surface area (Å²) in [5.74, 6) is 1.87. The number of amides is 1. The lowest BCUT2D eigenvalue weighted by Gasteiger charge is -2.25. The third kappa shape index (κ3) is 2.93. The highest BCUT2D eigenvalue weighted by atomic mass is 16.3. The number of nitrogens with two attached hydrogens (primary N) is 1. The third-order valence-corrected chi connectivity index (χ3v) is 3.52. The summed E-state index contributed by atoms with van der Waals surface area (Å²) >= 11 is 0. The Morgan fingerprint density at radius 1 is 1.56 bits per heavy atom. The highest BCUT2D eigenvalue weighted by Gasteiger charge is 2.35. The summed E-state index contributed by atoms with van der Waals surface area (Å²) in [7, 11) is 0. The molecule has 2 rings (SSSR count). The van der Waals surface area contributed by atoms with E-state index in [9.17, 15) is 4.79 Å². The van der Waals surface area contributed by atoms with Crippen molar-refractivity contribution in [1.29, 1.82) is 0 Å². The smallest absolute Gasteiger partial charge is 0.227 e. The maximum atomic E-state index is 12.4. The molecule has 1 aromatic heterocycles. The Bertz CT molecular complexity index is 406. The molecule has 1 amide bonds. The molecule has 0 bridgehead atoms. The number of rotatable bonds is 6. The molecular weight excluding hydrogens is 228 g/mol. The van der Waals surface area contributed by atoms with E-state index in [1.807, 2.05) is 30.9 Å². The Balaban J connectivity index is 2.06. The van der Waals surface area contributed by atoms with Crippen LogP contribution in [0.5, 0.6) is 0 Å². The number of furan rings is 1. The van der Waals surface area contributed by atoms with Crippen LogP contribution in [-0.2, 0) is 11.3 Å². The quantitative estimate of drug-likeness (QED) is 0.840. The summed E-state index contributed by atoms with van der Waals surface area (Å²) in [4.78, 5) is 14.3. The number of carbonyl (C=O) groups excluding carboxylic acids is 1. The van der Waals surface area contributed by atoms with E-state index >= 15 is 0 Å². The minimum absolute atomic E-state index is 0.0540. The van der Waals surface area contributed by atoms with Gasteiger partial charge in [-0.25, -0.2) is 0 Å². The molecule has 1 aliphatic rings. The van der Waals surface area contributed by atoms with Gasteiger partial charge in [0.25, 0.3) is 0 Å². The normalized spacial score (nSPS) is 16.6. The standard InChI is InChI=1S/C14H22N2O2/c1-3-11(8-15)14(17)16(12-5-6-12)9-13-7-4-10(2)18-13/h4,7,11-12H,3,5-6,8-9,15H2,1-2H3. The van der Waals surface area contributed by atoms with E-state index < -0.39 is 0 Å². The van der Waals surface area contributed by atoms with Crippen LogP contribution >= 0.6 is 0 Å². The number of hydrogen-bond donors (Lipinski definition) is 1. The zero-order valence-electron chi connectivity index (χ0n) is 11.2. The molecular formula is C14H22N2O2. The van der Waals surface area contributed by atoms with Crippen molar-refractivity contribution in [3.05, 3.63) is 23.7 Å². The van der Waals surface area contributed by atoms with Crippen molar-refractivity contribution in [1.82, 2.24) is 4.90 Å². The summed E-state index contributed by atoms with van der Waals surface area (Å²) in [5, 5.41) is 0. The average Bonchev–Trinajstić information content (AvgIpc) is 3.11. The third-order valence-electron chi connectivity index (χ3n) is 3.52. The van der Waals surface area contributed by atoms with Crippen molar-refractivity contribution in [2.45, 2.75) is 45.7 Å². The fraction of sp³-hybridized carbons (Fsp3) is 0.643. The molecule has 18 heavy (non-hydrogen) atoms. The van der Waals surface area contributed by atoms with Crippen molar-refractivity contribution in [2.24, 2.45) is 11.7 Å². The zero-order chi connectivity index (χ0) is 13.1. The van der Waals surface area contributed by atoms with Crippen molar-refractivity contribution < 1.29 is 9.21 Å². The maximum Gasteiger partial charge on any atom is 0.227 e. The van der Waals surface area contributed by atoms with Crippen LogP contribution in [0.3, 0.4) is 0 Å². The monoisotopic (exact) mass is 250 g/mol. The minimum Gasteiger partial charge on any atom is -0.464 e. The fourth-order valence-corrected chi connectivity index (χ4v) is 2.19. The van der Waals surface area contributed by atoms with Gasteiger partial charge in [0.05, 0.1) is 12.5 Å². The molecule has 1 fully saturated rings. The van der Waals surface area contributed by atoms with E-state index in [4.69, 9.17) is 10.2 Å². The van der Waals surface area contributed by atoms with Crippen LogP contribution in [-0.4, -0.2) is 23.4 Å². The van der Waals surface area contributed by atoms with Crippen LogP contribution < -0.4 is 5.73 Å².